The Balaban J connectivity index is 1.34. The van der Waals surface area contributed by atoms with E-state index in [2.05, 4.69) is 53.3 Å². The summed E-state index contributed by atoms with van der Waals surface area (Å²) >= 11 is 1.78. The Morgan fingerprint density at radius 3 is 2.62 bits per heavy atom. The molecule has 34 heavy (non-hydrogen) atoms. The highest BCUT2D eigenvalue weighted by molar-refractivity contribution is 7.09. The number of hydrogen-bond acceptors (Lipinski definition) is 6. The van der Waals surface area contributed by atoms with Crippen molar-refractivity contribution in [3.8, 4) is 11.5 Å². The Morgan fingerprint density at radius 2 is 1.91 bits per heavy atom. The van der Waals surface area contributed by atoms with Gasteiger partial charge < -0.3 is 14.4 Å². The van der Waals surface area contributed by atoms with Crippen molar-refractivity contribution in [3.63, 3.8) is 0 Å². The fourth-order valence-corrected chi connectivity index (χ4v) is 5.38. The Morgan fingerprint density at radius 1 is 1.12 bits per heavy atom. The van der Waals surface area contributed by atoms with Gasteiger partial charge in [-0.05, 0) is 68.5 Å². The van der Waals surface area contributed by atoms with Crippen molar-refractivity contribution in [3.05, 3.63) is 80.7 Å². The lowest BCUT2D eigenvalue weighted by atomic mass is 10.00. The van der Waals surface area contributed by atoms with Crippen molar-refractivity contribution < 1.29 is 14.3 Å². The number of Topliss-reactive ketones (excluding diaryl/α,β-unsaturated/α-hetero) is 1. The lowest BCUT2D eigenvalue weighted by Crippen LogP contribution is -2.34. The van der Waals surface area contributed by atoms with Crippen LogP contribution in [0.1, 0.15) is 45.8 Å². The van der Waals surface area contributed by atoms with Gasteiger partial charge in [0.25, 0.3) is 0 Å². The molecule has 0 N–H and O–H groups in total. The minimum atomic E-state index is -0.0653. The number of fused-ring (bicyclic) bond motifs is 2. The van der Waals surface area contributed by atoms with Crippen molar-refractivity contribution in [1.29, 1.82) is 0 Å². The molecule has 1 aromatic heterocycles. The molecular weight excluding hydrogens is 444 g/mol. The third-order valence-electron chi connectivity index (χ3n) is 6.58. The largest absolute Gasteiger partial charge is 0.477 e. The zero-order valence-corrected chi connectivity index (χ0v) is 20.8. The number of benzene rings is 2. The summed E-state index contributed by atoms with van der Waals surface area (Å²) in [6.45, 7) is 10.5. The average molecular weight is 475 g/mol. The van der Waals surface area contributed by atoms with Gasteiger partial charge in [0.2, 0.25) is 5.78 Å². The van der Waals surface area contributed by atoms with E-state index < -0.39 is 0 Å². The van der Waals surface area contributed by atoms with Gasteiger partial charge in [0.1, 0.15) is 18.2 Å². The normalized spacial score (nSPS) is 16.2. The van der Waals surface area contributed by atoms with Crippen LogP contribution in [0.5, 0.6) is 11.5 Å². The van der Waals surface area contributed by atoms with E-state index in [-0.39, 0.29) is 5.78 Å². The third-order valence-corrected chi connectivity index (χ3v) is 7.51. The smallest absolute Gasteiger partial charge is 0.231 e. The lowest BCUT2D eigenvalue weighted by molar-refractivity contribution is 0.0956. The van der Waals surface area contributed by atoms with E-state index in [4.69, 9.17) is 9.47 Å². The number of carbonyl (C=O) groups excluding carboxylic acids is 1. The first-order valence-corrected chi connectivity index (χ1v) is 12.8. The predicted octanol–water partition coefficient (Wildman–Crippen LogP) is 5.91. The quantitative estimate of drug-likeness (QED) is 0.398. The zero-order valence-electron chi connectivity index (χ0n) is 20.0. The summed E-state index contributed by atoms with van der Waals surface area (Å²) in [6.07, 6.45) is 2.84. The molecule has 176 valence electrons. The van der Waals surface area contributed by atoms with Crippen molar-refractivity contribution in [1.82, 2.24) is 4.90 Å². The summed E-state index contributed by atoms with van der Waals surface area (Å²) in [5.74, 6) is 1.78. The van der Waals surface area contributed by atoms with E-state index in [9.17, 15) is 4.79 Å². The standard InChI is InChI=1S/C28H30N2O3S/c1-4-30(5-2)22-10-8-20(9-11-22)15-25-26(31)24-16-21-17-29(13-12-23-7-6-14-34-23)18-32-27(21)19(3)28(24)33-25/h6-11,14-16H,4-5,12-13,17-18H2,1-3H3/b25-15-. The number of thiophene rings is 1. The van der Waals surface area contributed by atoms with Gasteiger partial charge >= 0.3 is 0 Å². The molecule has 0 saturated carbocycles. The van der Waals surface area contributed by atoms with E-state index in [1.54, 1.807) is 11.3 Å². The molecule has 2 aliphatic rings. The van der Waals surface area contributed by atoms with Gasteiger partial charge in [-0.15, -0.1) is 11.3 Å². The summed E-state index contributed by atoms with van der Waals surface area (Å²) in [5.41, 5.74) is 4.71. The number of anilines is 1. The second kappa shape index (κ2) is 9.65. The molecule has 0 saturated heterocycles. The van der Waals surface area contributed by atoms with Crippen LogP contribution < -0.4 is 14.4 Å². The Labute approximate surface area is 205 Å². The molecule has 0 aliphatic carbocycles. The van der Waals surface area contributed by atoms with Gasteiger partial charge in [-0.2, -0.15) is 0 Å². The highest BCUT2D eigenvalue weighted by atomic mass is 32.1. The van der Waals surface area contributed by atoms with Gasteiger partial charge in [0.15, 0.2) is 5.76 Å². The van der Waals surface area contributed by atoms with Gasteiger partial charge in [-0.1, -0.05) is 18.2 Å². The van der Waals surface area contributed by atoms with Crippen LogP contribution >= 0.6 is 11.3 Å². The molecule has 2 aromatic carbocycles. The van der Waals surface area contributed by atoms with Crippen LogP contribution in [-0.4, -0.2) is 37.0 Å². The maximum absolute atomic E-state index is 13.2. The maximum Gasteiger partial charge on any atom is 0.231 e. The third kappa shape index (κ3) is 4.36. The molecule has 2 aliphatic heterocycles. The van der Waals surface area contributed by atoms with Crippen LogP contribution in [0.2, 0.25) is 0 Å². The van der Waals surface area contributed by atoms with Crippen molar-refractivity contribution in [2.45, 2.75) is 33.7 Å². The second-order valence-electron chi connectivity index (χ2n) is 8.73. The molecular formula is C28H30N2O3S. The fourth-order valence-electron chi connectivity index (χ4n) is 4.68. The van der Waals surface area contributed by atoms with Gasteiger partial charge in [-0.25, -0.2) is 0 Å². The van der Waals surface area contributed by atoms with Gasteiger partial charge in [0, 0.05) is 47.9 Å². The molecule has 0 radical (unpaired) electrons. The van der Waals surface area contributed by atoms with E-state index in [0.29, 0.717) is 23.8 Å². The second-order valence-corrected chi connectivity index (χ2v) is 9.76. The van der Waals surface area contributed by atoms with Crippen LogP contribution in [-0.2, 0) is 13.0 Å². The number of rotatable bonds is 7. The molecule has 6 heteroatoms. The predicted molar refractivity (Wildman–Crippen MR) is 138 cm³/mol. The molecule has 5 rings (SSSR count). The van der Waals surface area contributed by atoms with Gasteiger partial charge in [0.05, 0.1) is 5.56 Å². The maximum atomic E-state index is 13.2. The Kier molecular flexibility index (Phi) is 6.44. The van der Waals surface area contributed by atoms with E-state index in [1.165, 1.54) is 10.6 Å². The SMILES string of the molecule is CCN(CC)c1ccc(/C=C2\Oc3c(cc4c(c3C)OCN(CCc3cccs3)C4)C2=O)cc1. The Bertz CT molecular complexity index is 1210. The average Bonchev–Trinajstić information content (AvgIpc) is 3.48. The van der Waals surface area contributed by atoms with Gasteiger partial charge in [-0.3, -0.25) is 9.69 Å². The van der Waals surface area contributed by atoms with Crippen LogP contribution in [0.25, 0.3) is 6.08 Å². The summed E-state index contributed by atoms with van der Waals surface area (Å²) in [7, 11) is 0. The van der Waals surface area contributed by atoms with E-state index >= 15 is 0 Å². The Hall–Kier alpha value is -3.09. The molecule has 3 aromatic rings. The van der Waals surface area contributed by atoms with E-state index in [0.717, 1.165) is 55.0 Å². The first kappa shape index (κ1) is 22.7. The first-order chi connectivity index (χ1) is 16.6. The molecule has 0 spiro atoms. The number of ether oxygens (including phenoxy) is 2. The number of carbonyl (C=O) groups is 1. The van der Waals surface area contributed by atoms with Crippen LogP contribution in [0.15, 0.2) is 53.6 Å². The molecule has 0 unspecified atom stereocenters. The first-order valence-electron chi connectivity index (χ1n) is 11.9. The van der Waals surface area contributed by atoms with E-state index in [1.807, 2.05) is 31.2 Å². The minimum absolute atomic E-state index is 0.0653. The molecule has 0 atom stereocenters. The molecule has 3 heterocycles. The summed E-state index contributed by atoms with van der Waals surface area (Å²) in [4.78, 5) is 19.2. The molecule has 0 amide bonds. The monoisotopic (exact) mass is 474 g/mol. The van der Waals surface area contributed by atoms with Crippen LogP contribution in [0, 0.1) is 6.92 Å². The number of ketones is 1. The fraction of sp³-hybridized carbons (Fsp3) is 0.321. The highest BCUT2D eigenvalue weighted by Crippen LogP contribution is 2.43. The van der Waals surface area contributed by atoms with Crippen molar-refractivity contribution in [2.75, 3.05) is 31.3 Å². The number of allylic oxidation sites excluding steroid dienone is 1. The minimum Gasteiger partial charge on any atom is -0.477 e. The summed E-state index contributed by atoms with van der Waals surface area (Å²) in [5, 5.41) is 2.11. The number of nitrogens with zero attached hydrogens (tertiary/aromatic N) is 2. The molecule has 0 fully saturated rings. The topological polar surface area (TPSA) is 42.0 Å². The van der Waals surface area contributed by atoms with Crippen LogP contribution in [0.4, 0.5) is 5.69 Å². The van der Waals surface area contributed by atoms with Crippen LogP contribution in [0.3, 0.4) is 0 Å². The zero-order chi connectivity index (χ0) is 23.7. The van der Waals surface area contributed by atoms with Crippen molar-refractivity contribution >= 4 is 28.9 Å². The summed E-state index contributed by atoms with van der Waals surface area (Å²) in [6, 6.07) is 14.5. The molecule has 0 bridgehead atoms. The highest BCUT2D eigenvalue weighted by Gasteiger charge is 2.33. The summed E-state index contributed by atoms with van der Waals surface area (Å²) < 4.78 is 12.2. The lowest BCUT2D eigenvalue weighted by Gasteiger charge is -2.30. The molecule has 5 nitrogen and oxygen atoms in total. The van der Waals surface area contributed by atoms with Crippen molar-refractivity contribution in [2.24, 2.45) is 0 Å². The number of hydrogen-bond donors (Lipinski definition) is 0.